The fourth-order valence-electron chi connectivity index (χ4n) is 6.60. The summed E-state index contributed by atoms with van der Waals surface area (Å²) in [4.78, 5) is 44.6. The highest BCUT2D eigenvalue weighted by molar-refractivity contribution is 8.00. The van der Waals surface area contributed by atoms with Crippen molar-refractivity contribution in [3.63, 3.8) is 0 Å². The van der Waals surface area contributed by atoms with E-state index in [-0.39, 0.29) is 46.2 Å². The van der Waals surface area contributed by atoms with Gasteiger partial charge in [-0.15, -0.1) is 0 Å². The molecule has 0 bridgehead atoms. The fourth-order valence-corrected chi connectivity index (χ4v) is 7.14. The van der Waals surface area contributed by atoms with Gasteiger partial charge in [0.1, 0.15) is 11.4 Å². The Morgan fingerprint density at radius 3 is 2.00 bits per heavy atom. The summed E-state index contributed by atoms with van der Waals surface area (Å²) in [6.07, 6.45) is 2.06. The molecule has 0 N–H and O–H groups in total. The van der Waals surface area contributed by atoms with Crippen LogP contribution in [0, 0.1) is 11.7 Å². The molecule has 0 aliphatic carbocycles. The lowest BCUT2D eigenvalue weighted by Gasteiger charge is -2.37. The average molecular weight is 670 g/mol. The first-order valence-electron chi connectivity index (χ1n) is 15.7. The molecule has 0 saturated carbocycles. The summed E-state index contributed by atoms with van der Waals surface area (Å²) < 4.78 is 56.9. The van der Waals surface area contributed by atoms with Crippen molar-refractivity contribution >= 4 is 29.5 Å². The normalized spacial score (nSPS) is 18.9. The predicted molar refractivity (Wildman–Crippen MR) is 168 cm³/mol. The molecule has 0 radical (unpaired) electrons. The molecule has 3 saturated heterocycles. The first-order chi connectivity index (χ1) is 22.5. The standard InChI is InChI=1S/C35H35F4N3O4S/c36-29-9-7-26(8-10-29)31(43)27-13-17-41(18-14-27)32(44)28-5-1-25(2-6-28)22-42-23-34(46-33(42)45)15-19-40(20-16-34)21-24-3-11-30(12-4-24)47-35(37,38)39/h1-12,27H,13-23H2. The molecule has 0 unspecified atom stereocenters. The largest absolute Gasteiger partial charge is 0.446 e. The second-order valence-corrected chi connectivity index (χ2v) is 13.6. The van der Waals surface area contributed by atoms with Gasteiger partial charge < -0.3 is 9.64 Å². The number of halogens is 4. The number of rotatable bonds is 8. The fraction of sp³-hybridized carbons (Fsp3) is 0.400. The molecule has 3 aromatic rings. The van der Waals surface area contributed by atoms with Gasteiger partial charge in [-0.25, -0.2) is 9.18 Å². The molecule has 7 nitrogen and oxygen atoms in total. The summed E-state index contributed by atoms with van der Waals surface area (Å²) in [6, 6.07) is 19.2. The predicted octanol–water partition coefficient (Wildman–Crippen LogP) is 7.16. The summed E-state index contributed by atoms with van der Waals surface area (Å²) in [5.74, 6) is -0.713. The van der Waals surface area contributed by atoms with Crippen molar-refractivity contribution in [1.82, 2.24) is 14.7 Å². The van der Waals surface area contributed by atoms with Crippen LogP contribution < -0.4 is 0 Å². The van der Waals surface area contributed by atoms with Crippen LogP contribution in [0.25, 0.3) is 0 Å². The zero-order chi connectivity index (χ0) is 33.2. The molecule has 3 fully saturated rings. The third-order valence-corrected chi connectivity index (χ3v) is 9.97. The maximum absolute atomic E-state index is 13.2. The Morgan fingerprint density at radius 2 is 1.38 bits per heavy atom. The van der Waals surface area contributed by atoms with E-state index in [4.69, 9.17) is 4.74 Å². The van der Waals surface area contributed by atoms with Crippen LogP contribution in [-0.2, 0) is 17.8 Å². The van der Waals surface area contributed by atoms with Crippen LogP contribution in [0.2, 0.25) is 0 Å². The van der Waals surface area contributed by atoms with Crippen molar-refractivity contribution in [3.05, 3.63) is 101 Å². The van der Waals surface area contributed by atoms with Gasteiger partial charge in [0, 0.05) is 74.1 Å². The Labute approximate surface area is 274 Å². The minimum atomic E-state index is -4.31. The van der Waals surface area contributed by atoms with Gasteiger partial charge in [0.05, 0.1) is 6.54 Å². The summed E-state index contributed by atoms with van der Waals surface area (Å²) >= 11 is -0.124. The lowest BCUT2D eigenvalue weighted by Crippen LogP contribution is -2.46. The van der Waals surface area contributed by atoms with Gasteiger partial charge in [-0.3, -0.25) is 19.4 Å². The van der Waals surface area contributed by atoms with Crippen molar-refractivity contribution in [3.8, 4) is 0 Å². The molecule has 2 amide bonds. The Kier molecular flexibility index (Phi) is 9.61. The van der Waals surface area contributed by atoms with Crippen LogP contribution in [0.15, 0.2) is 77.7 Å². The number of ether oxygens (including phenoxy) is 1. The molecule has 0 aromatic heterocycles. The highest BCUT2D eigenvalue weighted by Gasteiger charge is 2.46. The summed E-state index contributed by atoms with van der Waals surface area (Å²) in [5, 5.41) is 0. The quantitative estimate of drug-likeness (QED) is 0.144. The zero-order valence-corrected chi connectivity index (χ0v) is 26.5. The Bertz CT molecular complexity index is 1580. The van der Waals surface area contributed by atoms with Gasteiger partial charge in [-0.2, -0.15) is 13.2 Å². The van der Waals surface area contributed by atoms with Crippen LogP contribution in [0.3, 0.4) is 0 Å². The van der Waals surface area contributed by atoms with E-state index in [1.807, 2.05) is 12.1 Å². The number of ketones is 1. The smallest absolute Gasteiger partial charge is 0.441 e. The number of thioether (sulfide) groups is 1. The number of Topliss-reactive ketones (excluding diaryl/α,β-unsaturated/α-hetero) is 1. The number of carbonyl (C=O) groups excluding carboxylic acids is 3. The van der Waals surface area contributed by atoms with Gasteiger partial charge in [-0.05, 0) is 84.3 Å². The van der Waals surface area contributed by atoms with Crippen LogP contribution in [0.1, 0.15) is 57.5 Å². The number of likely N-dealkylation sites (tertiary alicyclic amines) is 2. The van der Waals surface area contributed by atoms with E-state index in [9.17, 15) is 31.9 Å². The van der Waals surface area contributed by atoms with E-state index >= 15 is 0 Å². The van der Waals surface area contributed by atoms with Gasteiger partial charge >= 0.3 is 11.6 Å². The maximum atomic E-state index is 13.2. The molecular weight excluding hydrogens is 634 g/mol. The highest BCUT2D eigenvalue weighted by Crippen LogP contribution is 2.37. The average Bonchev–Trinajstić information content (AvgIpc) is 3.36. The first-order valence-corrected chi connectivity index (χ1v) is 16.5. The zero-order valence-electron chi connectivity index (χ0n) is 25.7. The molecular formula is C35H35F4N3O4S. The summed E-state index contributed by atoms with van der Waals surface area (Å²) in [5.41, 5.74) is -2.04. The molecule has 47 heavy (non-hydrogen) atoms. The SMILES string of the molecule is O=C(c1ccc(F)cc1)C1CCN(C(=O)c2ccc(CN3CC4(CCN(Cc5ccc(SC(F)(F)F)cc5)CC4)OC3=O)cc2)CC1. The summed E-state index contributed by atoms with van der Waals surface area (Å²) in [7, 11) is 0. The minimum Gasteiger partial charge on any atom is -0.441 e. The molecule has 3 heterocycles. The Hall–Kier alpha value is -3.90. The van der Waals surface area contributed by atoms with E-state index in [1.165, 1.54) is 36.4 Å². The van der Waals surface area contributed by atoms with Crippen LogP contribution in [0.4, 0.5) is 22.4 Å². The molecule has 6 rings (SSSR count). The molecule has 3 aliphatic heterocycles. The van der Waals surface area contributed by atoms with Crippen molar-refractivity contribution in [2.75, 3.05) is 32.7 Å². The number of benzene rings is 3. The van der Waals surface area contributed by atoms with Crippen molar-refractivity contribution < 1.29 is 36.7 Å². The van der Waals surface area contributed by atoms with E-state index in [0.29, 0.717) is 82.6 Å². The van der Waals surface area contributed by atoms with E-state index in [1.54, 1.807) is 34.1 Å². The van der Waals surface area contributed by atoms with Gasteiger partial charge in [0.25, 0.3) is 5.91 Å². The maximum Gasteiger partial charge on any atom is 0.446 e. The van der Waals surface area contributed by atoms with Crippen molar-refractivity contribution in [2.45, 2.75) is 54.8 Å². The number of amides is 2. The van der Waals surface area contributed by atoms with Gasteiger partial charge in [0.2, 0.25) is 0 Å². The molecule has 248 valence electrons. The van der Waals surface area contributed by atoms with E-state index in [2.05, 4.69) is 4.90 Å². The molecule has 3 aromatic carbocycles. The third kappa shape index (κ3) is 8.16. The molecule has 1 spiro atoms. The number of nitrogens with zero attached hydrogens (tertiary/aromatic N) is 3. The second-order valence-electron chi connectivity index (χ2n) is 12.5. The third-order valence-electron chi connectivity index (χ3n) is 9.23. The Balaban J connectivity index is 0.960. The molecule has 12 heteroatoms. The lowest BCUT2D eigenvalue weighted by molar-refractivity contribution is -0.0328. The topological polar surface area (TPSA) is 70.2 Å². The number of hydrogen-bond donors (Lipinski definition) is 0. The second kappa shape index (κ2) is 13.7. The number of piperidine rings is 2. The van der Waals surface area contributed by atoms with E-state index < -0.39 is 11.1 Å². The highest BCUT2D eigenvalue weighted by atomic mass is 32.2. The Morgan fingerprint density at radius 1 is 0.809 bits per heavy atom. The van der Waals surface area contributed by atoms with E-state index in [0.717, 1.165) is 11.1 Å². The van der Waals surface area contributed by atoms with Gasteiger partial charge in [-0.1, -0.05) is 24.3 Å². The molecule has 3 aliphatic rings. The van der Waals surface area contributed by atoms with Crippen molar-refractivity contribution in [1.29, 1.82) is 0 Å². The number of alkyl halides is 3. The van der Waals surface area contributed by atoms with Gasteiger partial charge in [0.15, 0.2) is 5.78 Å². The molecule has 0 atom stereocenters. The van der Waals surface area contributed by atoms with Crippen molar-refractivity contribution in [2.24, 2.45) is 5.92 Å². The van der Waals surface area contributed by atoms with Crippen LogP contribution in [-0.4, -0.2) is 76.3 Å². The lowest BCUT2D eigenvalue weighted by atomic mass is 9.88. The van der Waals surface area contributed by atoms with Crippen LogP contribution >= 0.6 is 11.8 Å². The monoisotopic (exact) mass is 669 g/mol. The van der Waals surface area contributed by atoms with Crippen LogP contribution in [0.5, 0.6) is 0 Å². The number of hydrogen-bond acceptors (Lipinski definition) is 6. The summed E-state index contributed by atoms with van der Waals surface area (Å²) in [6.45, 7) is 3.77. The first kappa shape index (κ1) is 33.0. The number of carbonyl (C=O) groups is 3. The minimum absolute atomic E-state index is 0.0234.